The molecule has 1 aromatic rings. The molecule has 0 atom stereocenters. The van der Waals surface area contributed by atoms with Gasteiger partial charge in [-0.3, -0.25) is 0 Å². The normalized spacial score (nSPS) is 18.5. The second kappa shape index (κ2) is 4.91. The molecule has 0 spiro atoms. The van der Waals surface area contributed by atoms with Gasteiger partial charge in [0.2, 0.25) is 0 Å². The molecule has 0 saturated heterocycles. The summed E-state index contributed by atoms with van der Waals surface area (Å²) in [6.07, 6.45) is 6.71. The number of nitrogens with two attached hydrogens (primary N) is 1. The number of thioether (sulfide) groups is 1. The third-order valence-electron chi connectivity index (χ3n) is 4.04. The van der Waals surface area contributed by atoms with Crippen LogP contribution in [-0.2, 0) is 5.41 Å². The van der Waals surface area contributed by atoms with Crippen LogP contribution >= 0.6 is 11.8 Å². The Morgan fingerprint density at radius 3 is 2.53 bits per heavy atom. The van der Waals surface area contributed by atoms with Crippen molar-refractivity contribution in [3.8, 4) is 5.75 Å². The van der Waals surface area contributed by atoms with E-state index in [2.05, 4.69) is 12.3 Å². The molecule has 0 aliphatic heterocycles. The lowest BCUT2D eigenvalue weighted by Gasteiger charge is -2.31. The van der Waals surface area contributed by atoms with Gasteiger partial charge in [0.1, 0.15) is 5.75 Å². The van der Waals surface area contributed by atoms with Crippen molar-refractivity contribution in [2.24, 2.45) is 5.73 Å². The fraction of sp³-hybridized carbons (Fsp3) is 0.571. The lowest BCUT2D eigenvalue weighted by Crippen LogP contribution is -2.32. The summed E-state index contributed by atoms with van der Waals surface area (Å²) in [4.78, 5) is 1.18. The number of phenolic OH excluding ortho intramolecular Hbond substituents is 1. The number of aryl methyl sites for hydroxylation is 1. The zero-order chi connectivity index (χ0) is 12.5. The van der Waals surface area contributed by atoms with Crippen LogP contribution in [0.4, 0.5) is 0 Å². The molecule has 0 radical (unpaired) electrons. The molecule has 3 heteroatoms. The average molecular weight is 251 g/mol. The SMILES string of the molecule is CSc1ccc(C)c(O)c1C1(CN)CCCC1. The van der Waals surface area contributed by atoms with Crippen LogP contribution in [0, 0.1) is 6.92 Å². The van der Waals surface area contributed by atoms with Gasteiger partial charge in [0.15, 0.2) is 0 Å². The summed E-state index contributed by atoms with van der Waals surface area (Å²) in [6, 6.07) is 4.11. The van der Waals surface area contributed by atoms with Crippen LogP contribution in [0.1, 0.15) is 36.8 Å². The van der Waals surface area contributed by atoms with Crippen LogP contribution in [0.3, 0.4) is 0 Å². The highest BCUT2D eigenvalue weighted by molar-refractivity contribution is 7.98. The Labute approximate surface area is 108 Å². The highest BCUT2D eigenvalue weighted by atomic mass is 32.2. The Kier molecular flexibility index (Phi) is 3.69. The number of rotatable bonds is 3. The molecule has 94 valence electrons. The van der Waals surface area contributed by atoms with Gasteiger partial charge in [0.05, 0.1) is 0 Å². The second-order valence-electron chi connectivity index (χ2n) is 5.00. The van der Waals surface area contributed by atoms with Crippen molar-refractivity contribution in [3.63, 3.8) is 0 Å². The molecule has 1 aliphatic rings. The molecule has 0 aromatic heterocycles. The van der Waals surface area contributed by atoms with E-state index in [0.717, 1.165) is 24.0 Å². The molecule has 0 heterocycles. The molecule has 17 heavy (non-hydrogen) atoms. The third-order valence-corrected chi connectivity index (χ3v) is 4.82. The maximum atomic E-state index is 10.4. The minimum atomic E-state index is 0.00838. The molecule has 2 rings (SSSR count). The van der Waals surface area contributed by atoms with Gasteiger partial charge in [-0.2, -0.15) is 0 Å². The van der Waals surface area contributed by atoms with E-state index in [0.29, 0.717) is 12.3 Å². The lowest BCUT2D eigenvalue weighted by molar-refractivity contribution is 0.396. The summed E-state index contributed by atoms with van der Waals surface area (Å²) >= 11 is 1.70. The summed E-state index contributed by atoms with van der Waals surface area (Å²) in [6.45, 7) is 2.60. The fourth-order valence-electron chi connectivity index (χ4n) is 2.97. The van der Waals surface area contributed by atoms with Crippen molar-refractivity contribution in [1.82, 2.24) is 0 Å². The van der Waals surface area contributed by atoms with Crippen LogP contribution < -0.4 is 5.73 Å². The monoisotopic (exact) mass is 251 g/mol. The molecule has 0 unspecified atom stereocenters. The minimum Gasteiger partial charge on any atom is -0.507 e. The summed E-state index contributed by atoms with van der Waals surface area (Å²) in [5, 5.41) is 10.4. The molecule has 3 N–H and O–H groups in total. The number of aromatic hydroxyl groups is 1. The zero-order valence-corrected chi connectivity index (χ0v) is 11.4. The van der Waals surface area contributed by atoms with E-state index in [4.69, 9.17) is 5.73 Å². The Balaban J connectivity index is 2.59. The zero-order valence-electron chi connectivity index (χ0n) is 10.6. The average Bonchev–Trinajstić information content (AvgIpc) is 2.82. The third kappa shape index (κ3) is 2.06. The number of hydrogen-bond acceptors (Lipinski definition) is 3. The molecule has 1 aliphatic carbocycles. The Morgan fingerprint density at radius 2 is 2.00 bits per heavy atom. The first kappa shape index (κ1) is 12.8. The number of hydrogen-bond donors (Lipinski definition) is 2. The van der Waals surface area contributed by atoms with Crippen LogP contribution in [0.5, 0.6) is 5.75 Å². The van der Waals surface area contributed by atoms with Crippen LogP contribution in [0.15, 0.2) is 17.0 Å². The molecular weight excluding hydrogens is 230 g/mol. The largest absolute Gasteiger partial charge is 0.507 e. The molecule has 1 saturated carbocycles. The predicted octanol–water partition coefficient (Wildman–Crippen LogP) is 3.19. The van der Waals surface area contributed by atoms with E-state index in [1.165, 1.54) is 17.7 Å². The molecule has 0 bridgehead atoms. The van der Waals surface area contributed by atoms with Crippen molar-refractivity contribution in [1.29, 1.82) is 0 Å². The second-order valence-corrected chi connectivity index (χ2v) is 5.85. The predicted molar refractivity (Wildman–Crippen MR) is 73.8 cm³/mol. The Morgan fingerprint density at radius 1 is 1.35 bits per heavy atom. The van der Waals surface area contributed by atoms with Gasteiger partial charge >= 0.3 is 0 Å². The molecule has 1 fully saturated rings. The summed E-state index contributed by atoms with van der Waals surface area (Å²) in [5.74, 6) is 0.462. The van der Waals surface area contributed by atoms with E-state index in [-0.39, 0.29) is 5.41 Å². The standard InChI is InChI=1S/C14H21NOS/c1-10-5-6-11(17-2)12(13(10)16)14(9-15)7-3-4-8-14/h5-6,16H,3-4,7-9,15H2,1-2H3. The highest BCUT2D eigenvalue weighted by Gasteiger charge is 2.38. The van der Waals surface area contributed by atoms with Crippen molar-refractivity contribution < 1.29 is 5.11 Å². The number of benzene rings is 1. The van der Waals surface area contributed by atoms with E-state index >= 15 is 0 Å². The van der Waals surface area contributed by atoms with Crippen LogP contribution in [-0.4, -0.2) is 17.9 Å². The lowest BCUT2D eigenvalue weighted by atomic mass is 9.78. The first-order valence-corrected chi connectivity index (χ1v) is 7.44. The van der Waals surface area contributed by atoms with Crippen molar-refractivity contribution >= 4 is 11.8 Å². The van der Waals surface area contributed by atoms with Crippen molar-refractivity contribution in [2.75, 3.05) is 12.8 Å². The molecular formula is C14H21NOS. The quantitative estimate of drug-likeness (QED) is 0.811. The highest BCUT2D eigenvalue weighted by Crippen LogP contribution is 2.48. The first-order valence-electron chi connectivity index (χ1n) is 6.22. The van der Waals surface area contributed by atoms with E-state index in [1.54, 1.807) is 11.8 Å². The van der Waals surface area contributed by atoms with E-state index in [1.807, 2.05) is 13.0 Å². The van der Waals surface area contributed by atoms with Crippen LogP contribution in [0.2, 0.25) is 0 Å². The van der Waals surface area contributed by atoms with Crippen molar-refractivity contribution in [2.45, 2.75) is 42.9 Å². The molecule has 2 nitrogen and oxygen atoms in total. The topological polar surface area (TPSA) is 46.2 Å². The summed E-state index contributed by atoms with van der Waals surface area (Å²) < 4.78 is 0. The van der Waals surface area contributed by atoms with E-state index in [9.17, 15) is 5.11 Å². The summed E-state index contributed by atoms with van der Waals surface area (Å²) in [5.41, 5.74) is 8.09. The minimum absolute atomic E-state index is 0.00838. The molecule has 0 amide bonds. The van der Waals surface area contributed by atoms with E-state index < -0.39 is 0 Å². The van der Waals surface area contributed by atoms with Gasteiger partial charge in [-0.1, -0.05) is 18.9 Å². The maximum Gasteiger partial charge on any atom is 0.123 e. The van der Waals surface area contributed by atoms with Crippen LogP contribution in [0.25, 0.3) is 0 Å². The molecule has 1 aromatic carbocycles. The smallest absolute Gasteiger partial charge is 0.123 e. The van der Waals surface area contributed by atoms with Gasteiger partial charge in [-0.25, -0.2) is 0 Å². The van der Waals surface area contributed by atoms with Gasteiger partial charge in [-0.05, 0) is 37.7 Å². The summed E-state index contributed by atoms with van der Waals surface area (Å²) in [7, 11) is 0. The van der Waals surface area contributed by atoms with Gasteiger partial charge < -0.3 is 10.8 Å². The van der Waals surface area contributed by atoms with Gasteiger partial charge in [0.25, 0.3) is 0 Å². The van der Waals surface area contributed by atoms with Crippen molar-refractivity contribution in [3.05, 3.63) is 23.3 Å². The fourth-order valence-corrected chi connectivity index (χ4v) is 3.69. The van der Waals surface area contributed by atoms with Gasteiger partial charge in [-0.15, -0.1) is 11.8 Å². The first-order chi connectivity index (χ1) is 8.14. The number of phenols is 1. The Bertz CT molecular complexity index is 411. The maximum absolute atomic E-state index is 10.4. The Hall–Kier alpha value is -0.670. The van der Waals surface area contributed by atoms with Gasteiger partial charge in [0, 0.05) is 22.4 Å².